The lowest BCUT2D eigenvalue weighted by molar-refractivity contribution is 0.0977. The standard InChI is InChI=1S/C20H24N2O3S/c1-3-5-13-25-17-11-9-15(10-12-17)19(23)22-20(26)21-16-7-6-8-18(14-16)24-4-2/h6-12,14H,3-5,13H2,1-2H3,(H2,21,22,23,26). The Kier molecular flexibility index (Phi) is 7.89. The Labute approximate surface area is 159 Å². The Morgan fingerprint density at radius 2 is 1.81 bits per heavy atom. The summed E-state index contributed by atoms with van der Waals surface area (Å²) in [7, 11) is 0. The zero-order valence-electron chi connectivity index (χ0n) is 15.1. The fraction of sp³-hybridized carbons (Fsp3) is 0.300. The molecule has 0 spiro atoms. The van der Waals surface area contributed by atoms with Crippen molar-refractivity contribution in [1.29, 1.82) is 0 Å². The average Bonchev–Trinajstić information content (AvgIpc) is 2.63. The third-order valence-corrected chi connectivity index (χ3v) is 3.72. The molecule has 0 bridgehead atoms. The number of rotatable bonds is 8. The van der Waals surface area contributed by atoms with Gasteiger partial charge in [0.1, 0.15) is 11.5 Å². The summed E-state index contributed by atoms with van der Waals surface area (Å²) >= 11 is 5.21. The van der Waals surface area contributed by atoms with Gasteiger partial charge >= 0.3 is 0 Å². The maximum Gasteiger partial charge on any atom is 0.257 e. The minimum Gasteiger partial charge on any atom is -0.494 e. The van der Waals surface area contributed by atoms with E-state index in [1.807, 2.05) is 31.2 Å². The molecule has 0 heterocycles. The van der Waals surface area contributed by atoms with Crippen molar-refractivity contribution >= 4 is 28.9 Å². The second kappa shape index (κ2) is 10.4. The molecule has 0 saturated heterocycles. The first-order valence-corrected chi connectivity index (χ1v) is 9.11. The van der Waals surface area contributed by atoms with Crippen molar-refractivity contribution in [1.82, 2.24) is 5.32 Å². The van der Waals surface area contributed by atoms with Gasteiger partial charge in [-0.2, -0.15) is 0 Å². The first kappa shape index (κ1) is 19.7. The number of thiocarbonyl (C=S) groups is 1. The van der Waals surface area contributed by atoms with E-state index >= 15 is 0 Å². The second-order valence-corrected chi connectivity index (χ2v) is 6.00. The molecular weight excluding hydrogens is 348 g/mol. The normalized spacial score (nSPS) is 10.1. The van der Waals surface area contributed by atoms with Gasteiger partial charge in [0.2, 0.25) is 0 Å². The first-order valence-electron chi connectivity index (χ1n) is 8.70. The fourth-order valence-corrected chi connectivity index (χ4v) is 2.42. The van der Waals surface area contributed by atoms with Crippen LogP contribution in [0.4, 0.5) is 5.69 Å². The summed E-state index contributed by atoms with van der Waals surface area (Å²) < 4.78 is 11.0. The topological polar surface area (TPSA) is 59.6 Å². The van der Waals surface area contributed by atoms with Crippen LogP contribution in [0.25, 0.3) is 0 Å². The maximum atomic E-state index is 12.3. The van der Waals surface area contributed by atoms with E-state index in [2.05, 4.69) is 17.6 Å². The third kappa shape index (κ3) is 6.37. The van der Waals surface area contributed by atoms with Crippen molar-refractivity contribution in [3.05, 3.63) is 54.1 Å². The number of hydrogen-bond acceptors (Lipinski definition) is 4. The van der Waals surface area contributed by atoms with Crippen LogP contribution >= 0.6 is 12.2 Å². The van der Waals surface area contributed by atoms with E-state index < -0.39 is 0 Å². The van der Waals surface area contributed by atoms with Crippen LogP contribution in [0, 0.1) is 0 Å². The van der Waals surface area contributed by atoms with E-state index in [9.17, 15) is 4.79 Å². The molecule has 0 atom stereocenters. The molecule has 0 aliphatic heterocycles. The molecule has 138 valence electrons. The van der Waals surface area contributed by atoms with Gasteiger partial charge in [-0.3, -0.25) is 10.1 Å². The van der Waals surface area contributed by atoms with Crippen LogP contribution in [0.1, 0.15) is 37.0 Å². The predicted molar refractivity (Wildman–Crippen MR) is 108 cm³/mol. The molecule has 2 rings (SSSR count). The highest BCUT2D eigenvalue weighted by atomic mass is 32.1. The van der Waals surface area contributed by atoms with Crippen molar-refractivity contribution < 1.29 is 14.3 Å². The van der Waals surface area contributed by atoms with Gasteiger partial charge in [0, 0.05) is 17.3 Å². The molecule has 2 aromatic carbocycles. The highest BCUT2D eigenvalue weighted by Gasteiger charge is 2.08. The number of carbonyl (C=O) groups excluding carboxylic acids is 1. The maximum absolute atomic E-state index is 12.3. The minimum atomic E-state index is -0.274. The lowest BCUT2D eigenvalue weighted by Crippen LogP contribution is -2.34. The van der Waals surface area contributed by atoms with Crippen molar-refractivity contribution in [2.24, 2.45) is 0 Å². The lowest BCUT2D eigenvalue weighted by atomic mass is 10.2. The van der Waals surface area contributed by atoms with Crippen LogP contribution < -0.4 is 20.1 Å². The van der Waals surface area contributed by atoms with Gasteiger partial charge in [-0.15, -0.1) is 0 Å². The Balaban J connectivity index is 1.88. The van der Waals surface area contributed by atoms with Gasteiger partial charge in [0.05, 0.1) is 13.2 Å². The molecule has 1 amide bonds. The van der Waals surface area contributed by atoms with E-state index in [1.54, 1.807) is 24.3 Å². The molecule has 0 radical (unpaired) electrons. The van der Waals surface area contributed by atoms with Gasteiger partial charge in [-0.25, -0.2) is 0 Å². The molecule has 2 aromatic rings. The third-order valence-electron chi connectivity index (χ3n) is 3.51. The van der Waals surface area contributed by atoms with E-state index in [0.29, 0.717) is 18.8 Å². The summed E-state index contributed by atoms with van der Waals surface area (Å²) in [6.45, 7) is 5.30. The zero-order valence-corrected chi connectivity index (χ0v) is 15.9. The van der Waals surface area contributed by atoms with Crippen LogP contribution in [0.5, 0.6) is 11.5 Å². The average molecular weight is 372 g/mol. The van der Waals surface area contributed by atoms with Gasteiger partial charge in [0.15, 0.2) is 5.11 Å². The Hall–Kier alpha value is -2.60. The largest absolute Gasteiger partial charge is 0.494 e. The first-order chi connectivity index (χ1) is 12.6. The molecular formula is C20H24N2O3S. The predicted octanol–water partition coefficient (Wildman–Crippen LogP) is 4.39. The Morgan fingerprint density at radius 3 is 2.50 bits per heavy atom. The SMILES string of the molecule is CCCCOc1ccc(C(=O)NC(=S)Nc2cccc(OCC)c2)cc1. The quantitative estimate of drug-likeness (QED) is 0.532. The van der Waals surface area contributed by atoms with Gasteiger partial charge in [0.25, 0.3) is 5.91 Å². The van der Waals surface area contributed by atoms with Crippen LogP contribution in [0.2, 0.25) is 0 Å². The number of benzene rings is 2. The van der Waals surface area contributed by atoms with Gasteiger partial charge in [-0.1, -0.05) is 19.4 Å². The number of nitrogens with one attached hydrogen (secondary N) is 2. The second-order valence-electron chi connectivity index (χ2n) is 5.60. The Bertz CT molecular complexity index is 732. The zero-order chi connectivity index (χ0) is 18.8. The number of ether oxygens (including phenoxy) is 2. The fourth-order valence-electron chi connectivity index (χ4n) is 2.20. The van der Waals surface area contributed by atoms with Gasteiger partial charge in [-0.05, 0) is 62.0 Å². The van der Waals surface area contributed by atoms with Crippen molar-refractivity contribution in [3.8, 4) is 11.5 Å². The Morgan fingerprint density at radius 1 is 1.04 bits per heavy atom. The number of carbonyl (C=O) groups is 1. The van der Waals surface area contributed by atoms with E-state index in [4.69, 9.17) is 21.7 Å². The number of amides is 1. The molecule has 5 nitrogen and oxygen atoms in total. The summed E-state index contributed by atoms with van der Waals surface area (Å²) in [6.07, 6.45) is 2.09. The molecule has 0 fully saturated rings. The minimum absolute atomic E-state index is 0.229. The van der Waals surface area contributed by atoms with Crippen molar-refractivity contribution in [3.63, 3.8) is 0 Å². The summed E-state index contributed by atoms with van der Waals surface area (Å²) in [4.78, 5) is 12.3. The summed E-state index contributed by atoms with van der Waals surface area (Å²) in [5.74, 6) is 1.22. The molecule has 0 aliphatic carbocycles. The van der Waals surface area contributed by atoms with Crippen LogP contribution in [-0.4, -0.2) is 24.2 Å². The molecule has 0 aliphatic rings. The van der Waals surface area contributed by atoms with Crippen LogP contribution in [-0.2, 0) is 0 Å². The molecule has 0 unspecified atom stereocenters. The summed E-state index contributed by atoms with van der Waals surface area (Å²) in [5, 5.41) is 5.88. The van der Waals surface area contributed by atoms with Crippen LogP contribution in [0.3, 0.4) is 0 Å². The number of hydrogen-bond donors (Lipinski definition) is 2. The number of unbranched alkanes of at least 4 members (excludes halogenated alkanes) is 1. The van der Waals surface area contributed by atoms with E-state index in [0.717, 1.165) is 30.0 Å². The van der Waals surface area contributed by atoms with Crippen LogP contribution in [0.15, 0.2) is 48.5 Å². The highest BCUT2D eigenvalue weighted by Crippen LogP contribution is 2.17. The summed E-state index contributed by atoms with van der Waals surface area (Å²) in [6, 6.07) is 14.4. The smallest absolute Gasteiger partial charge is 0.257 e. The van der Waals surface area contributed by atoms with Crippen molar-refractivity contribution in [2.45, 2.75) is 26.7 Å². The monoisotopic (exact) mass is 372 g/mol. The molecule has 6 heteroatoms. The van der Waals surface area contributed by atoms with E-state index in [-0.39, 0.29) is 11.0 Å². The summed E-state index contributed by atoms with van der Waals surface area (Å²) in [5.41, 5.74) is 1.26. The molecule has 0 saturated carbocycles. The molecule has 26 heavy (non-hydrogen) atoms. The lowest BCUT2D eigenvalue weighted by Gasteiger charge is -2.11. The van der Waals surface area contributed by atoms with E-state index in [1.165, 1.54) is 0 Å². The molecule has 0 aromatic heterocycles. The highest BCUT2D eigenvalue weighted by molar-refractivity contribution is 7.80. The molecule has 2 N–H and O–H groups in total. The van der Waals surface area contributed by atoms with Crippen molar-refractivity contribution in [2.75, 3.05) is 18.5 Å². The number of anilines is 1. The van der Waals surface area contributed by atoms with Gasteiger partial charge < -0.3 is 14.8 Å².